The van der Waals surface area contributed by atoms with Crippen molar-refractivity contribution in [2.75, 3.05) is 13.1 Å². The van der Waals surface area contributed by atoms with Gasteiger partial charge in [-0.15, -0.1) is 0 Å². The van der Waals surface area contributed by atoms with Crippen LogP contribution in [0.4, 0.5) is 18.0 Å². The fraction of sp³-hybridized carbons (Fsp3) is 0.440. The molecule has 1 aliphatic heterocycles. The second-order valence-electron chi connectivity index (χ2n) is 9.93. The van der Waals surface area contributed by atoms with E-state index in [0.29, 0.717) is 11.1 Å². The van der Waals surface area contributed by atoms with Gasteiger partial charge in [0, 0.05) is 37.0 Å². The molecule has 1 saturated heterocycles. The Morgan fingerprint density at radius 2 is 1.73 bits per heavy atom. The molecule has 4 rings (SSSR count). The van der Waals surface area contributed by atoms with E-state index in [1.807, 2.05) is 0 Å². The van der Waals surface area contributed by atoms with E-state index in [9.17, 15) is 22.8 Å². The number of alkyl halides is 3. The summed E-state index contributed by atoms with van der Waals surface area (Å²) in [6.07, 6.45) is -0.713. The highest BCUT2D eigenvalue weighted by atomic mass is 19.4. The number of rotatable bonds is 5. The number of ether oxygens (including phenoxy) is 2. The number of nitrogens with zero attached hydrogens (tertiary/aromatic N) is 5. The van der Waals surface area contributed by atoms with Crippen molar-refractivity contribution in [2.24, 2.45) is 7.05 Å². The first kappa shape index (κ1) is 26.4. The molecule has 2 atom stereocenters. The molecule has 1 amide bonds. The number of carbonyl (C=O) groups is 1. The Bertz CT molecular complexity index is 1310. The number of aromatic nitrogens is 4. The quantitative estimate of drug-likeness (QED) is 0.505. The summed E-state index contributed by atoms with van der Waals surface area (Å²) in [5, 5.41) is 8.45. The Morgan fingerprint density at radius 1 is 1.05 bits per heavy atom. The van der Waals surface area contributed by atoms with Gasteiger partial charge in [0.1, 0.15) is 11.6 Å². The maximum atomic E-state index is 13.0. The van der Waals surface area contributed by atoms with Gasteiger partial charge in [-0.2, -0.15) is 23.4 Å². The minimum atomic E-state index is -4.43. The van der Waals surface area contributed by atoms with Crippen LogP contribution in [-0.4, -0.2) is 55.3 Å². The first-order chi connectivity index (χ1) is 17.3. The first-order valence-electron chi connectivity index (χ1n) is 11.6. The van der Waals surface area contributed by atoms with E-state index < -0.39 is 35.6 Å². The molecule has 1 aliphatic rings. The van der Waals surface area contributed by atoms with Crippen molar-refractivity contribution in [2.45, 2.75) is 51.3 Å². The van der Waals surface area contributed by atoms with Crippen molar-refractivity contribution in [3.8, 4) is 11.1 Å². The Kier molecular flexibility index (Phi) is 7.13. The van der Waals surface area contributed by atoms with Crippen LogP contribution in [0.3, 0.4) is 0 Å². The summed E-state index contributed by atoms with van der Waals surface area (Å²) >= 11 is 0. The molecule has 12 heteroatoms. The monoisotopic (exact) mass is 519 g/mol. The van der Waals surface area contributed by atoms with E-state index in [2.05, 4.69) is 10.2 Å². The molecule has 1 aromatic carbocycles. The fourth-order valence-electron chi connectivity index (χ4n) is 4.02. The van der Waals surface area contributed by atoms with E-state index in [-0.39, 0.29) is 25.3 Å². The van der Waals surface area contributed by atoms with Crippen LogP contribution in [-0.2, 0) is 29.3 Å². The minimum absolute atomic E-state index is 0.00994. The number of benzene rings is 1. The van der Waals surface area contributed by atoms with Crippen molar-refractivity contribution in [1.82, 2.24) is 24.5 Å². The smallest absolute Gasteiger partial charge is 0.416 e. The van der Waals surface area contributed by atoms with Crippen LogP contribution < -0.4 is 5.56 Å². The van der Waals surface area contributed by atoms with Gasteiger partial charge in [-0.25, -0.2) is 9.48 Å². The number of amides is 1. The van der Waals surface area contributed by atoms with Gasteiger partial charge in [0.05, 0.1) is 37.2 Å². The zero-order valence-electron chi connectivity index (χ0n) is 20.9. The lowest BCUT2D eigenvalue weighted by molar-refractivity contribution is -0.137. The third-order valence-electron chi connectivity index (χ3n) is 5.81. The van der Waals surface area contributed by atoms with E-state index >= 15 is 0 Å². The molecule has 2 unspecified atom stereocenters. The molecule has 9 nitrogen and oxygen atoms in total. The summed E-state index contributed by atoms with van der Waals surface area (Å²) in [5.74, 6) is 0. The standard InChI is InChI=1S/C25H28F3N5O4/c1-24(2,3)37-23(35)32-13-20(33-22(34)9-17(10-30-33)18-11-29-31(4)12-18)21(14-32)36-15-16-5-7-19(8-6-16)25(26,27)28/h5-12,20-21H,13-15H2,1-4H3. The van der Waals surface area contributed by atoms with Crippen molar-refractivity contribution < 1.29 is 27.4 Å². The van der Waals surface area contributed by atoms with Gasteiger partial charge < -0.3 is 14.4 Å². The van der Waals surface area contributed by atoms with E-state index in [4.69, 9.17) is 9.47 Å². The molecule has 2 aromatic heterocycles. The van der Waals surface area contributed by atoms with Crippen LogP contribution in [0.25, 0.3) is 11.1 Å². The van der Waals surface area contributed by atoms with Crippen molar-refractivity contribution in [3.05, 3.63) is 70.4 Å². The van der Waals surface area contributed by atoms with Gasteiger partial charge in [0.15, 0.2) is 0 Å². The molecule has 0 bridgehead atoms. The highest BCUT2D eigenvalue weighted by Crippen LogP contribution is 2.30. The largest absolute Gasteiger partial charge is 0.444 e. The number of hydrogen-bond acceptors (Lipinski definition) is 6. The lowest BCUT2D eigenvalue weighted by atomic mass is 10.1. The van der Waals surface area contributed by atoms with Crippen LogP contribution in [0.1, 0.15) is 37.9 Å². The molecule has 0 radical (unpaired) electrons. The fourth-order valence-corrected chi connectivity index (χ4v) is 4.02. The molecule has 3 aromatic rings. The molecular formula is C25H28F3N5O4. The minimum Gasteiger partial charge on any atom is -0.444 e. The Balaban J connectivity index is 1.56. The Hall–Kier alpha value is -3.67. The van der Waals surface area contributed by atoms with E-state index in [1.165, 1.54) is 27.8 Å². The summed E-state index contributed by atoms with van der Waals surface area (Å²) in [4.78, 5) is 27.2. The average Bonchev–Trinajstić information content (AvgIpc) is 3.43. The lowest BCUT2D eigenvalue weighted by Gasteiger charge is -2.24. The first-order valence-corrected chi connectivity index (χ1v) is 11.6. The molecule has 37 heavy (non-hydrogen) atoms. The second kappa shape index (κ2) is 10.0. The predicted molar refractivity (Wildman–Crippen MR) is 128 cm³/mol. The van der Waals surface area contributed by atoms with E-state index in [0.717, 1.165) is 17.7 Å². The molecule has 0 spiro atoms. The Labute approximate surface area is 211 Å². The lowest BCUT2D eigenvalue weighted by Crippen LogP contribution is -2.36. The van der Waals surface area contributed by atoms with Gasteiger partial charge in [-0.3, -0.25) is 9.48 Å². The zero-order chi connectivity index (χ0) is 27.0. The van der Waals surface area contributed by atoms with Crippen molar-refractivity contribution in [3.63, 3.8) is 0 Å². The van der Waals surface area contributed by atoms with E-state index in [1.54, 1.807) is 51.1 Å². The maximum absolute atomic E-state index is 13.0. The number of aryl methyl sites for hydroxylation is 1. The number of hydrogen-bond donors (Lipinski definition) is 0. The summed E-state index contributed by atoms with van der Waals surface area (Å²) in [6, 6.07) is 5.46. The van der Waals surface area contributed by atoms with Crippen LogP contribution in [0.2, 0.25) is 0 Å². The molecule has 198 valence electrons. The predicted octanol–water partition coefficient (Wildman–Crippen LogP) is 4.04. The third kappa shape index (κ3) is 6.37. The van der Waals surface area contributed by atoms with Crippen LogP contribution in [0, 0.1) is 0 Å². The Morgan fingerprint density at radius 3 is 2.30 bits per heavy atom. The van der Waals surface area contributed by atoms with Gasteiger partial charge in [0.25, 0.3) is 5.56 Å². The van der Waals surface area contributed by atoms with Gasteiger partial charge in [0.2, 0.25) is 0 Å². The number of halogens is 3. The summed E-state index contributed by atoms with van der Waals surface area (Å²) < 4.78 is 53.0. The summed E-state index contributed by atoms with van der Waals surface area (Å²) in [6.45, 7) is 5.48. The topological polar surface area (TPSA) is 91.5 Å². The zero-order valence-corrected chi connectivity index (χ0v) is 20.9. The van der Waals surface area contributed by atoms with Crippen molar-refractivity contribution in [1.29, 1.82) is 0 Å². The van der Waals surface area contributed by atoms with Gasteiger partial charge in [-0.1, -0.05) is 12.1 Å². The van der Waals surface area contributed by atoms with Gasteiger partial charge >= 0.3 is 12.3 Å². The number of carbonyl (C=O) groups excluding carboxylic acids is 1. The molecule has 0 N–H and O–H groups in total. The molecule has 3 heterocycles. The maximum Gasteiger partial charge on any atom is 0.416 e. The molecule has 0 aliphatic carbocycles. The molecule has 0 saturated carbocycles. The highest BCUT2D eigenvalue weighted by molar-refractivity contribution is 5.68. The third-order valence-corrected chi connectivity index (χ3v) is 5.81. The summed E-state index contributed by atoms with van der Waals surface area (Å²) in [7, 11) is 1.76. The SMILES string of the molecule is Cn1cc(-c2cnn(C3CN(C(=O)OC(C)(C)C)CC3OCc3ccc(C(F)(F)F)cc3)c(=O)c2)cn1. The second-order valence-corrected chi connectivity index (χ2v) is 9.93. The average molecular weight is 520 g/mol. The van der Waals surface area contributed by atoms with Crippen LogP contribution in [0.5, 0.6) is 0 Å². The summed E-state index contributed by atoms with van der Waals surface area (Å²) in [5.41, 5.74) is -0.00727. The van der Waals surface area contributed by atoms with Crippen molar-refractivity contribution >= 4 is 6.09 Å². The molecule has 1 fully saturated rings. The van der Waals surface area contributed by atoms with Crippen LogP contribution in [0.15, 0.2) is 53.7 Å². The van der Waals surface area contributed by atoms with Gasteiger partial charge in [-0.05, 0) is 38.5 Å². The van der Waals surface area contributed by atoms with Crippen LogP contribution >= 0.6 is 0 Å². The highest BCUT2D eigenvalue weighted by Gasteiger charge is 2.40. The normalized spacial score (nSPS) is 18.3. The number of likely N-dealkylation sites (tertiary alicyclic amines) is 1. The molecular weight excluding hydrogens is 491 g/mol.